The van der Waals surface area contributed by atoms with Crippen molar-refractivity contribution in [3.63, 3.8) is 0 Å². The minimum atomic E-state index is 0.653. The first-order valence-electron chi connectivity index (χ1n) is 6.47. The molecule has 0 atom stereocenters. The normalized spacial score (nSPS) is 10.7. The van der Waals surface area contributed by atoms with Gasteiger partial charge in [0, 0.05) is 22.7 Å². The van der Waals surface area contributed by atoms with Gasteiger partial charge in [-0.2, -0.15) is 0 Å². The van der Waals surface area contributed by atoms with Crippen LogP contribution < -0.4 is 10.1 Å². The highest BCUT2D eigenvalue weighted by atomic mass is 32.1. The van der Waals surface area contributed by atoms with E-state index in [-0.39, 0.29) is 0 Å². The lowest BCUT2D eigenvalue weighted by Gasteiger charge is -2.10. The number of nitrogens with zero attached hydrogens (tertiary/aromatic N) is 2. The van der Waals surface area contributed by atoms with Crippen LogP contribution >= 0.6 is 11.3 Å². The van der Waals surface area contributed by atoms with Crippen LogP contribution in [-0.2, 0) is 0 Å². The summed E-state index contributed by atoms with van der Waals surface area (Å²) in [5.74, 6) is 0.854. The van der Waals surface area contributed by atoms with Gasteiger partial charge < -0.3 is 10.1 Å². The maximum absolute atomic E-state index is 5.57. The van der Waals surface area contributed by atoms with Gasteiger partial charge >= 0.3 is 0 Å². The van der Waals surface area contributed by atoms with Gasteiger partial charge in [0.15, 0.2) is 5.13 Å². The smallest absolute Gasteiger partial charge is 0.187 e. The molecule has 102 valence electrons. The molecule has 1 N–H and O–H groups in total. The summed E-state index contributed by atoms with van der Waals surface area (Å²) in [4.78, 5) is 8.82. The number of nitrogens with one attached hydrogen (secondary N) is 1. The highest BCUT2D eigenvalue weighted by Crippen LogP contribution is 2.30. The van der Waals surface area contributed by atoms with E-state index in [1.165, 1.54) is 0 Å². The molecule has 1 aromatic carbocycles. The molecule has 20 heavy (non-hydrogen) atoms. The number of hydrogen-bond donors (Lipinski definition) is 1. The molecule has 0 radical (unpaired) electrons. The van der Waals surface area contributed by atoms with Gasteiger partial charge in [0.05, 0.1) is 17.8 Å². The number of aromatic nitrogens is 2. The van der Waals surface area contributed by atoms with E-state index in [0.29, 0.717) is 6.61 Å². The topological polar surface area (TPSA) is 47.0 Å². The molecule has 2 aromatic heterocycles. The van der Waals surface area contributed by atoms with Crippen LogP contribution in [-0.4, -0.2) is 16.6 Å². The number of ether oxygens (including phenoxy) is 1. The highest BCUT2D eigenvalue weighted by molar-refractivity contribution is 7.13. The van der Waals surface area contributed by atoms with Crippen molar-refractivity contribution in [1.29, 1.82) is 0 Å². The molecule has 4 nitrogen and oxygen atoms in total. The van der Waals surface area contributed by atoms with Gasteiger partial charge in [0.25, 0.3) is 0 Å². The Balaban J connectivity index is 2.10. The Labute approximate surface area is 121 Å². The molecule has 0 aliphatic rings. The minimum Gasteiger partial charge on any atom is -0.494 e. The van der Waals surface area contributed by atoms with Gasteiger partial charge in [-0.1, -0.05) is 0 Å². The number of aryl methyl sites for hydroxylation is 1. The summed E-state index contributed by atoms with van der Waals surface area (Å²) in [6, 6.07) is 7.98. The summed E-state index contributed by atoms with van der Waals surface area (Å²) in [5.41, 5.74) is 2.93. The summed E-state index contributed by atoms with van der Waals surface area (Å²) in [6.45, 7) is 4.62. The number of rotatable bonds is 4. The lowest BCUT2D eigenvalue weighted by atomic mass is 10.1. The third-order valence-corrected chi connectivity index (χ3v) is 3.58. The van der Waals surface area contributed by atoms with Crippen molar-refractivity contribution < 1.29 is 4.74 Å². The second-order valence-corrected chi connectivity index (χ2v) is 5.28. The Kier molecular flexibility index (Phi) is 3.52. The largest absolute Gasteiger partial charge is 0.494 e. The van der Waals surface area contributed by atoms with E-state index in [9.17, 15) is 0 Å². The van der Waals surface area contributed by atoms with Crippen molar-refractivity contribution >= 4 is 33.1 Å². The molecule has 0 saturated heterocycles. The van der Waals surface area contributed by atoms with Crippen LogP contribution in [0.4, 0.5) is 10.8 Å². The van der Waals surface area contributed by atoms with Gasteiger partial charge in [-0.25, -0.2) is 4.98 Å². The zero-order chi connectivity index (χ0) is 13.9. The maximum Gasteiger partial charge on any atom is 0.187 e. The zero-order valence-corrected chi connectivity index (χ0v) is 12.2. The van der Waals surface area contributed by atoms with Crippen molar-refractivity contribution in [3.8, 4) is 5.75 Å². The third kappa shape index (κ3) is 2.58. The molecule has 0 bridgehead atoms. The monoisotopic (exact) mass is 285 g/mol. The van der Waals surface area contributed by atoms with Crippen LogP contribution in [0.5, 0.6) is 5.75 Å². The Morgan fingerprint density at radius 2 is 2.20 bits per heavy atom. The lowest BCUT2D eigenvalue weighted by Crippen LogP contribution is -1.96. The Morgan fingerprint density at radius 3 is 2.95 bits per heavy atom. The van der Waals surface area contributed by atoms with Crippen LogP contribution in [0.2, 0.25) is 0 Å². The predicted octanol–water partition coefficient (Wildman–Crippen LogP) is 4.14. The van der Waals surface area contributed by atoms with Crippen molar-refractivity contribution in [2.24, 2.45) is 0 Å². The second kappa shape index (κ2) is 5.46. The molecule has 3 aromatic rings. The Bertz CT molecular complexity index is 725. The molecule has 0 saturated carbocycles. The molecule has 0 amide bonds. The van der Waals surface area contributed by atoms with Crippen LogP contribution in [0.15, 0.2) is 35.8 Å². The SMILES string of the molecule is CCOc1ccc2nc(C)cc(Nc3nccs3)c2c1. The molecule has 0 aliphatic heterocycles. The third-order valence-electron chi connectivity index (χ3n) is 2.89. The van der Waals surface area contributed by atoms with E-state index >= 15 is 0 Å². The Morgan fingerprint density at radius 1 is 1.30 bits per heavy atom. The fourth-order valence-corrected chi connectivity index (χ4v) is 2.64. The molecule has 0 unspecified atom stereocenters. The van der Waals surface area contributed by atoms with Crippen molar-refractivity contribution in [1.82, 2.24) is 9.97 Å². The fourth-order valence-electron chi connectivity index (χ4n) is 2.10. The van der Waals surface area contributed by atoms with Crippen LogP contribution in [0, 0.1) is 6.92 Å². The predicted molar refractivity (Wildman–Crippen MR) is 83.0 cm³/mol. The molecule has 0 fully saturated rings. The van der Waals surface area contributed by atoms with Crippen LogP contribution in [0.3, 0.4) is 0 Å². The zero-order valence-electron chi connectivity index (χ0n) is 11.4. The van der Waals surface area contributed by atoms with Crippen LogP contribution in [0.25, 0.3) is 10.9 Å². The van der Waals surface area contributed by atoms with E-state index in [0.717, 1.165) is 33.2 Å². The molecular weight excluding hydrogens is 270 g/mol. The average molecular weight is 285 g/mol. The van der Waals surface area contributed by atoms with E-state index in [2.05, 4.69) is 15.3 Å². The second-order valence-electron chi connectivity index (χ2n) is 4.39. The summed E-state index contributed by atoms with van der Waals surface area (Å²) in [6.07, 6.45) is 1.79. The first-order chi connectivity index (χ1) is 9.76. The van der Waals surface area contributed by atoms with E-state index < -0.39 is 0 Å². The van der Waals surface area contributed by atoms with E-state index in [1.54, 1.807) is 17.5 Å². The Hall–Kier alpha value is -2.14. The first-order valence-corrected chi connectivity index (χ1v) is 7.35. The fraction of sp³-hybridized carbons (Fsp3) is 0.200. The van der Waals surface area contributed by atoms with Gasteiger partial charge in [-0.3, -0.25) is 4.98 Å². The minimum absolute atomic E-state index is 0.653. The number of hydrogen-bond acceptors (Lipinski definition) is 5. The molecule has 5 heteroatoms. The lowest BCUT2D eigenvalue weighted by molar-refractivity contribution is 0.340. The van der Waals surface area contributed by atoms with E-state index in [4.69, 9.17) is 4.74 Å². The molecule has 2 heterocycles. The summed E-state index contributed by atoms with van der Waals surface area (Å²) >= 11 is 1.57. The average Bonchev–Trinajstić information content (AvgIpc) is 2.92. The number of pyridine rings is 1. The number of fused-ring (bicyclic) bond motifs is 1. The number of benzene rings is 1. The molecule has 3 rings (SSSR count). The summed E-state index contributed by atoms with van der Waals surface area (Å²) in [5, 5.41) is 7.21. The van der Waals surface area contributed by atoms with Crippen molar-refractivity contribution in [2.75, 3.05) is 11.9 Å². The number of thiazole rings is 1. The standard InChI is InChI=1S/C15H15N3OS/c1-3-19-11-4-5-13-12(9-11)14(8-10(2)17-13)18-15-16-6-7-20-15/h4-9H,3H2,1-2H3,(H,16,17,18). The molecule has 0 aliphatic carbocycles. The van der Waals surface area contributed by atoms with Crippen molar-refractivity contribution in [2.45, 2.75) is 13.8 Å². The molecular formula is C15H15N3OS. The highest BCUT2D eigenvalue weighted by Gasteiger charge is 2.07. The van der Waals surface area contributed by atoms with Gasteiger partial charge in [-0.15, -0.1) is 11.3 Å². The summed E-state index contributed by atoms with van der Waals surface area (Å²) in [7, 11) is 0. The van der Waals surface area contributed by atoms with Gasteiger partial charge in [0.2, 0.25) is 0 Å². The van der Waals surface area contributed by atoms with Gasteiger partial charge in [-0.05, 0) is 38.1 Å². The molecule has 0 spiro atoms. The maximum atomic E-state index is 5.57. The number of anilines is 2. The first kappa shape index (κ1) is 12.9. The quantitative estimate of drug-likeness (QED) is 0.782. The van der Waals surface area contributed by atoms with Gasteiger partial charge in [0.1, 0.15) is 5.75 Å². The van der Waals surface area contributed by atoms with Crippen LogP contribution in [0.1, 0.15) is 12.6 Å². The van der Waals surface area contributed by atoms with E-state index in [1.807, 2.05) is 43.5 Å². The van der Waals surface area contributed by atoms with Crippen molar-refractivity contribution in [3.05, 3.63) is 41.5 Å². The summed E-state index contributed by atoms with van der Waals surface area (Å²) < 4.78 is 5.57.